The number of rotatable bonds is 8. The molecule has 27 heavy (non-hydrogen) atoms. The van der Waals surface area contributed by atoms with Crippen LogP contribution in [0.2, 0.25) is 0 Å². The van der Waals surface area contributed by atoms with Gasteiger partial charge in [0.25, 0.3) is 5.91 Å². The third kappa shape index (κ3) is 7.14. The highest BCUT2D eigenvalue weighted by Gasteiger charge is 2.18. The standard InChI is InChI=1S/C18H21N3O5S/c1-11-5-4-6-14(7-11)19-18(24)13(3)25-17(23)10-27-9-16(22)20-15-8-12(2)26-21-15/h4-8,13H,9-10H2,1-3H3,(H,19,24)(H,20,21,22). The number of benzene rings is 1. The fraction of sp³-hybridized carbons (Fsp3) is 0.333. The van der Waals surface area contributed by atoms with Crippen molar-refractivity contribution in [3.8, 4) is 0 Å². The first kappa shape index (κ1) is 20.5. The Hall–Kier alpha value is -2.81. The largest absolute Gasteiger partial charge is 0.452 e. The number of hydrogen-bond donors (Lipinski definition) is 2. The lowest BCUT2D eigenvalue weighted by Gasteiger charge is -2.13. The van der Waals surface area contributed by atoms with Crippen molar-refractivity contribution in [2.75, 3.05) is 22.1 Å². The number of aryl methyl sites for hydroxylation is 2. The lowest BCUT2D eigenvalue weighted by atomic mass is 10.2. The molecule has 0 radical (unpaired) electrons. The van der Waals surface area contributed by atoms with Crippen LogP contribution in [0.5, 0.6) is 0 Å². The highest BCUT2D eigenvalue weighted by Crippen LogP contribution is 2.11. The smallest absolute Gasteiger partial charge is 0.316 e. The number of anilines is 2. The number of carbonyl (C=O) groups is 3. The van der Waals surface area contributed by atoms with Crippen LogP contribution >= 0.6 is 11.8 Å². The minimum Gasteiger partial charge on any atom is -0.452 e. The molecule has 2 aromatic rings. The van der Waals surface area contributed by atoms with Crippen molar-refractivity contribution in [3.05, 3.63) is 41.7 Å². The van der Waals surface area contributed by atoms with Crippen molar-refractivity contribution in [3.63, 3.8) is 0 Å². The molecule has 1 unspecified atom stereocenters. The summed E-state index contributed by atoms with van der Waals surface area (Å²) >= 11 is 1.08. The van der Waals surface area contributed by atoms with Crippen molar-refractivity contribution < 1.29 is 23.6 Å². The van der Waals surface area contributed by atoms with E-state index in [1.165, 1.54) is 6.92 Å². The Balaban J connectivity index is 1.68. The number of nitrogens with one attached hydrogen (secondary N) is 2. The predicted molar refractivity (Wildman–Crippen MR) is 103 cm³/mol. The molecule has 9 heteroatoms. The van der Waals surface area contributed by atoms with E-state index in [4.69, 9.17) is 9.26 Å². The highest BCUT2D eigenvalue weighted by atomic mass is 32.2. The van der Waals surface area contributed by atoms with Gasteiger partial charge in [-0.25, -0.2) is 0 Å². The van der Waals surface area contributed by atoms with E-state index in [0.717, 1.165) is 17.3 Å². The summed E-state index contributed by atoms with van der Waals surface area (Å²) in [6.07, 6.45) is -0.939. The lowest BCUT2D eigenvalue weighted by molar-refractivity contribution is -0.150. The van der Waals surface area contributed by atoms with Crippen molar-refractivity contribution in [1.29, 1.82) is 0 Å². The van der Waals surface area contributed by atoms with Crippen LogP contribution in [0.3, 0.4) is 0 Å². The van der Waals surface area contributed by atoms with Gasteiger partial charge in [-0.15, -0.1) is 11.8 Å². The number of nitrogens with zero attached hydrogens (tertiary/aromatic N) is 1. The van der Waals surface area contributed by atoms with Gasteiger partial charge in [-0.05, 0) is 38.5 Å². The summed E-state index contributed by atoms with van der Waals surface area (Å²) in [5, 5.41) is 8.88. The van der Waals surface area contributed by atoms with E-state index in [2.05, 4.69) is 15.8 Å². The molecule has 1 aromatic heterocycles. The average Bonchev–Trinajstić information content (AvgIpc) is 2.99. The molecule has 1 atom stereocenters. The molecule has 0 bridgehead atoms. The van der Waals surface area contributed by atoms with Crippen molar-refractivity contribution >= 4 is 41.1 Å². The van der Waals surface area contributed by atoms with Crippen LogP contribution in [0.4, 0.5) is 11.5 Å². The summed E-state index contributed by atoms with van der Waals surface area (Å²) in [5.41, 5.74) is 1.64. The van der Waals surface area contributed by atoms with Crippen LogP contribution in [0, 0.1) is 13.8 Å². The lowest BCUT2D eigenvalue weighted by Crippen LogP contribution is -2.30. The molecule has 1 heterocycles. The molecule has 0 saturated heterocycles. The zero-order valence-corrected chi connectivity index (χ0v) is 16.1. The van der Waals surface area contributed by atoms with Crippen LogP contribution in [0.25, 0.3) is 0 Å². The van der Waals surface area contributed by atoms with Gasteiger partial charge in [-0.1, -0.05) is 17.3 Å². The highest BCUT2D eigenvalue weighted by molar-refractivity contribution is 8.00. The number of amides is 2. The Labute approximate surface area is 161 Å². The van der Waals surface area contributed by atoms with Gasteiger partial charge in [0.15, 0.2) is 11.9 Å². The number of aromatic nitrogens is 1. The SMILES string of the molecule is Cc1cccc(NC(=O)C(C)OC(=O)CSCC(=O)Nc2cc(C)on2)c1. The van der Waals surface area contributed by atoms with Crippen LogP contribution in [-0.4, -0.2) is 40.6 Å². The molecule has 1 aromatic carbocycles. The first-order valence-electron chi connectivity index (χ1n) is 8.21. The molecule has 0 fully saturated rings. The van der Waals surface area contributed by atoms with Gasteiger partial charge < -0.3 is 19.9 Å². The van der Waals surface area contributed by atoms with E-state index in [1.54, 1.807) is 19.1 Å². The Morgan fingerprint density at radius 2 is 1.96 bits per heavy atom. The molecule has 0 aliphatic carbocycles. The maximum absolute atomic E-state index is 12.1. The zero-order chi connectivity index (χ0) is 19.8. The topological polar surface area (TPSA) is 111 Å². The maximum Gasteiger partial charge on any atom is 0.316 e. The summed E-state index contributed by atoms with van der Waals surface area (Å²) in [4.78, 5) is 35.6. The molecule has 2 amide bonds. The van der Waals surface area contributed by atoms with Gasteiger partial charge in [0.05, 0.1) is 11.5 Å². The van der Waals surface area contributed by atoms with E-state index in [-0.39, 0.29) is 17.4 Å². The minimum absolute atomic E-state index is 0.0465. The molecule has 8 nitrogen and oxygen atoms in total. The van der Waals surface area contributed by atoms with E-state index in [9.17, 15) is 14.4 Å². The summed E-state index contributed by atoms with van der Waals surface area (Å²) < 4.78 is 9.93. The van der Waals surface area contributed by atoms with Gasteiger partial charge in [0.1, 0.15) is 5.76 Å². The molecular weight excluding hydrogens is 370 g/mol. The molecule has 0 aliphatic heterocycles. The Bertz CT molecular complexity index is 821. The van der Waals surface area contributed by atoms with Gasteiger partial charge in [0.2, 0.25) is 5.91 Å². The van der Waals surface area contributed by atoms with Crippen LogP contribution < -0.4 is 10.6 Å². The zero-order valence-electron chi connectivity index (χ0n) is 15.3. The second-order valence-electron chi connectivity index (χ2n) is 5.85. The monoisotopic (exact) mass is 391 g/mol. The molecule has 2 N–H and O–H groups in total. The number of esters is 1. The molecule has 0 aliphatic rings. The van der Waals surface area contributed by atoms with Crippen molar-refractivity contribution in [2.45, 2.75) is 26.9 Å². The molecule has 0 spiro atoms. The normalized spacial score (nSPS) is 11.5. The molecule has 2 rings (SSSR count). The van der Waals surface area contributed by atoms with Crippen molar-refractivity contribution in [2.24, 2.45) is 0 Å². The van der Waals surface area contributed by atoms with Gasteiger partial charge in [-0.3, -0.25) is 14.4 Å². The number of carbonyl (C=O) groups excluding carboxylic acids is 3. The Morgan fingerprint density at radius 1 is 1.19 bits per heavy atom. The molecular formula is C18H21N3O5S. The predicted octanol–water partition coefficient (Wildman–Crippen LogP) is 2.53. The third-order valence-electron chi connectivity index (χ3n) is 3.31. The maximum atomic E-state index is 12.1. The third-order valence-corrected chi connectivity index (χ3v) is 4.22. The van der Waals surface area contributed by atoms with Crippen LogP contribution in [0.1, 0.15) is 18.2 Å². The average molecular weight is 391 g/mol. The molecule has 144 valence electrons. The minimum atomic E-state index is -0.939. The summed E-state index contributed by atoms with van der Waals surface area (Å²) in [5.74, 6) is -0.402. The fourth-order valence-electron chi connectivity index (χ4n) is 2.08. The number of thioether (sulfide) groups is 1. The van der Waals surface area contributed by atoms with E-state index in [1.807, 2.05) is 25.1 Å². The molecule has 0 saturated carbocycles. The Morgan fingerprint density at radius 3 is 2.63 bits per heavy atom. The van der Waals surface area contributed by atoms with E-state index >= 15 is 0 Å². The van der Waals surface area contributed by atoms with Gasteiger partial charge in [0, 0.05) is 11.8 Å². The quantitative estimate of drug-likeness (QED) is 0.665. The van der Waals surface area contributed by atoms with Crippen LogP contribution in [-0.2, 0) is 19.1 Å². The van der Waals surface area contributed by atoms with E-state index < -0.39 is 18.0 Å². The summed E-state index contributed by atoms with van der Waals surface area (Å²) in [7, 11) is 0. The van der Waals surface area contributed by atoms with Gasteiger partial charge >= 0.3 is 5.97 Å². The van der Waals surface area contributed by atoms with Crippen molar-refractivity contribution in [1.82, 2.24) is 5.16 Å². The van der Waals surface area contributed by atoms with Gasteiger partial charge in [-0.2, -0.15) is 0 Å². The Kier molecular flexibility index (Phi) is 7.42. The second kappa shape index (κ2) is 9.77. The van der Waals surface area contributed by atoms with Crippen LogP contribution in [0.15, 0.2) is 34.9 Å². The fourth-order valence-corrected chi connectivity index (χ4v) is 2.68. The first-order valence-corrected chi connectivity index (χ1v) is 9.37. The number of ether oxygens (including phenoxy) is 1. The second-order valence-corrected chi connectivity index (χ2v) is 6.84. The first-order chi connectivity index (χ1) is 12.8. The summed E-state index contributed by atoms with van der Waals surface area (Å²) in [6, 6.07) is 8.90. The van der Waals surface area contributed by atoms with E-state index in [0.29, 0.717) is 17.3 Å². The number of hydrogen-bond acceptors (Lipinski definition) is 7. The summed E-state index contributed by atoms with van der Waals surface area (Å²) in [6.45, 7) is 5.12.